The van der Waals surface area contributed by atoms with Gasteiger partial charge in [0.25, 0.3) is 5.89 Å². The predicted octanol–water partition coefficient (Wildman–Crippen LogP) is 6.52. The Hall–Kier alpha value is -4.84. The maximum absolute atomic E-state index is 13.3. The molecule has 0 saturated heterocycles. The highest BCUT2D eigenvalue weighted by Gasteiger charge is 2.45. The van der Waals surface area contributed by atoms with Gasteiger partial charge in [-0.05, 0) is 74.2 Å². The molecule has 0 radical (unpaired) electrons. The van der Waals surface area contributed by atoms with E-state index in [1.165, 1.54) is 5.56 Å². The average Bonchev–Trinajstić information content (AvgIpc) is 3.56. The van der Waals surface area contributed by atoms with Crippen LogP contribution in [0.25, 0.3) is 11.5 Å². The summed E-state index contributed by atoms with van der Waals surface area (Å²) in [6, 6.07) is 30.7. The number of aliphatic hydroxyl groups is 1. The molecule has 0 aliphatic carbocycles. The Morgan fingerprint density at radius 2 is 1.56 bits per heavy atom. The number of ether oxygens (including phenoxy) is 1. The fourth-order valence-corrected chi connectivity index (χ4v) is 6.57. The topological polar surface area (TPSA) is 147 Å². The number of fused-ring (bicyclic) bond motifs is 1. The molecule has 2 atom stereocenters. The molecule has 0 saturated carbocycles. The van der Waals surface area contributed by atoms with Crippen LogP contribution in [0.3, 0.4) is 0 Å². The van der Waals surface area contributed by atoms with Crippen LogP contribution >= 0.6 is 0 Å². The van der Waals surface area contributed by atoms with Crippen LogP contribution in [-0.4, -0.2) is 46.3 Å². The molecule has 6 rings (SSSR count). The van der Waals surface area contributed by atoms with Gasteiger partial charge >= 0.3 is 0 Å². The van der Waals surface area contributed by atoms with E-state index >= 15 is 0 Å². The highest BCUT2D eigenvalue weighted by molar-refractivity contribution is 7.89. The number of rotatable bonds is 9. The number of oxime groups is 1. The second kappa shape index (κ2) is 14.9. The molecule has 10 nitrogen and oxygen atoms in total. The van der Waals surface area contributed by atoms with Gasteiger partial charge in [0.05, 0.1) is 16.6 Å². The second-order valence-corrected chi connectivity index (χ2v) is 13.9. The van der Waals surface area contributed by atoms with Gasteiger partial charge in [0.2, 0.25) is 10.0 Å². The molecule has 0 unspecified atom stereocenters. The summed E-state index contributed by atoms with van der Waals surface area (Å²) in [7, 11) is -3.94. The first kappa shape index (κ1) is 34.5. The zero-order chi connectivity index (χ0) is 34.3. The summed E-state index contributed by atoms with van der Waals surface area (Å²) in [5.74, 6) is 1.30. The van der Waals surface area contributed by atoms with Crippen LogP contribution in [0.1, 0.15) is 61.8 Å². The van der Waals surface area contributed by atoms with E-state index in [2.05, 4.69) is 20.0 Å². The summed E-state index contributed by atoms with van der Waals surface area (Å²) in [5, 5.41) is 26.7. The van der Waals surface area contributed by atoms with Gasteiger partial charge < -0.3 is 19.6 Å². The van der Waals surface area contributed by atoms with Crippen molar-refractivity contribution in [2.24, 2.45) is 5.16 Å². The highest BCUT2D eigenvalue weighted by Crippen LogP contribution is 2.42. The Bertz CT molecular complexity index is 1940. The van der Waals surface area contributed by atoms with E-state index < -0.39 is 27.8 Å². The van der Waals surface area contributed by atoms with Crippen molar-refractivity contribution in [2.75, 3.05) is 0 Å². The van der Waals surface area contributed by atoms with Crippen molar-refractivity contribution in [3.05, 3.63) is 131 Å². The third kappa shape index (κ3) is 8.35. The minimum atomic E-state index is -3.94. The van der Waals surface area contributed by atoms with E-state index in [4.69, 9.17) is 14.5 Å². The molecule has 11 heteroatoms. The molecular weight excluding hydrogens is 628 g/mol. The van der Waals surface area contributed by atoms with Crippen molar-refractivity contribution in [3.8, 4) is 17.2 Å². The van der Waals surface area contributed by atoms with Crippen molar-refractivity contribution < 1.29 is 28.0 Å². The molecule has 0 fully saturated rings. The summed E-state index contributed by atoms with van der Waals surface area (Å²) in [4.78, 5) is 4.64. The quantitative estimate of drug-likeness (QED) is 0.0914. The maximum Gasteiger partial charge on any atom is 0.257 e. The molecule has 1 aliphatic heterocycles. The third-order valence-corrected chi connectivity index (χ3v) is 9.52. The number of nitrogens with one attached hydrogen (secondary N) is 1. The van der Waals surface area contributed by atoms with E-state index in [1.54, 1.807) is 63.2 Å². The first-order valence-electron chi connectivity index (χ1n) is 15.7. The van der Waals surface area contributed by atoms with E-state index in [0.29, 0.717) is 35.0 Å². The van der Waals surface area contributed by atoms with Crippen LogP contribution in [0.15, 0.2) is 118 Å². The summed E-state index contributed by atoms with van der Waals surface area (Å²) < 4.78 is 40.8. The van der Waals surface area contributed by atoms with Gasteiger partial charge in [-0.1, -0.05) is 90.0 Å². The van der Waals surface area contributed by atoms with Crippen molar-refractivity contribution in [1.82, 2.24) is 14.9 Å². The lowest BCUT2D eigenvalue weighted by atomic mass is 9.86. The van der Waals surface area contributed by atoms with Crippen molar-refractivity contribution in [1.29, 1.82) is 0 Å². The standard InChI is InChI=1S/C28H29N3O5S.C9H11NO/c1-4-18-10-13-21(14-11-18)37(33,34)31-25-22-17-20(12-15-23(22)35-28(2,3)26(25)32)27-29-24(30-36-27)16-19-8-6-5-7-9-19;1-8(10-11)7-9-5-3-2-4-6-9/h5-15,17,25-26,31-32H,4,16H2,1-3H3;2-6,11H,7H2,1H3/b;10-8+/t25-,26-;/m1./s1. The molecular formula is C37H40N4O6S. The first-order valence-corrected chi connectivity index (χ1v) is 17.2. The number of aryl methyl sites for hydroxylation is 1. The SMILES string of the molecule is C/C(Cc1ccccc1)=N\O.CCc1ccc(S(=O)(=O)N[C@@H]2c3cc(-c4nc(Cc5ccccc5)no4)ccc3OC(C)(C)[C@@H]2O)cc1. The molecule has 2 heterocycles. The van der Waals surface area contributed by atoms with Crippen LogP contribution < -0.4 is 9.46 Å². The molecule has 5 aromatic rings. The Balaban J connectivity index is 0.000000349. The lowest BCUT2D eigenvalue weighted by Crippen LogP contribution is -2.53. The molecule has 0 bridgehead atoms. The molecule has 0 spiro atoms. The van der Waals surface area contributed by atoms with Crippen molar-refractivity contribution >= 4 is 15.7 Å². The third-order valence-electron chi connectivity index (χ3n) is 8.06. The summed E-state index contributed by atoms with van der Waals surface area (Å²) in [6.45, 7) is 7.25. The molecule has 250 valence electrons. The van der Waals surface area contributed by atoms with Gasteiger partial charge in [-0.2, -0.15) is 4.98 Å². The highest BCUT2D eigenvalue weighted by atomic mass is 32.2. The van der Waals surface area contributed by atoms with Gasteiger partial charge in [0, 0.05) is 24.0 Å². The van der Waals surface area contributed by atoms with Crippen LogP contribution in [-0.2, 0) is 29.3 Å². The minimum Gasteiger partial charge on any atom is -0.485 e. The number of aliphatic hydroxyl groups excluding tert-OH is 1. The molecule has 1 aliphatic rings. The second-order valence-electron chi connectivity index (χ2n) is 12.2. The largest absolute Gasteiger partial charge is 0.485 e. The van der Waals surface area contributed by atoms with Gasteiger partial charge in [0.15, 0.2) is 5.82 Å². The van der Waals surface area contributed by atoms with Crippen LogP contribution in [0, 0.1) is 0 Å². The molecule has 0 amide bonds. The normalized spacial score (nSPS) is 17.1. The van der Waals surface area contributed by atoms with Crippen molar-refractivity contribution in [2.45, 2.75) is 69.6 Å². The Kier molecular flexibility index (Phi) is 10.7. The fourth-order valence-electron chi connectivity index (χ4n) is 5.35. The summed E-state index contributed by atoms with van der Waals surface area (Å²) in [6.07, 6.45) is 0.887. The predicted molar refractivity (Wildman–Crippen MR) is 184 cm³/mol. The number of sulfonamides is 1. The Labute approximate surface area is 281 Å². The minimum absolute atomic E-state index is 0.126. The monoisotopic (exact) mass is 668 g/mol. The first-order chi connectivity index (χ1) is 23.0. The van der Waals surface area contributed by atoms with E-state index in [-0.39, 0.29) is 4.90 Å². The zero-order valence-electron chi connectivity index (χ0n) is 27.4. The lowest BCUT2D eigenvalue weighted by molar-refractivity contribution is -0.0602. The summed E-state index contributed by atoms with van der Waals surface area (Å²) in [5.41, 5.74) is 4.05. The molecule has 3 N–H and O–H groups in total. The number of aromatic nitrogens is 2. The molecule has 1 aromatic heterocycles. The number of nitrogens with zero attached hydrogens (tertiary/aromatic N) is 3. The van der Waals surface area contributed by atoms with E-state index in [9.17, 15) is 13.5 Å². The van der Waals surface area contributed by atoms with Crippen LogP contribution in [0.4, 0.5) is 0 Å². The van der Waals surface area contributed by atoms with Gasteiger partial charge in [-0.15, -0.1) is 0 Å². The molecule has 4 aromatic carbocycles. The van der Waals surface area contributed by atoms with Gasteiger partial charge in [0.1, 0.15) is 17.5 Å². The lowest BCUT2D eigenvalue weighted by Gasteiger charge is -2.42. The van der Waals surface area contributed by atoms with Gasteiger partial charge in [-0.3, -0.25) is 0 Å². The van der Waals surface area contributed by atoms with Gasteiger partial charge in [-0.25, -0.2) is 13.1 Å². The van der Waals surface area contributed by atoms with E-state index in [0.717, 1.165) is 29.7 Å². The van der Waals surface area contributed by atoms with Crippen molar-refractivity contribution in [3.63, 3.8) is 0 Å². The fraction of sp³-hybridized carbons (Fsp3) is 0.270. The Morgan fingerprint density at radius 3 is 2.19 bits per heavy atom. The molecule has 48 heavy (non-hydrogen) atoms. The zero-order valence-corrected chi connectivity index (χ0v) is 28.2. The number of hydrogen-bond acceptors (Lipinski definition) is 9. The smallest absolute Gasteiger partial charge is 0.257 e. The van der Waals surface area contributed by atoms with E-state index in [1.807, 2.05) is 67.6 Å². The average molecular weight is 669 g/mol. The maximum atomic E-state index is 13.3. The summed E-state index contributed by atoms with van der Waals surface area (Å²) >= 11 is 0. The number of hydrogen-bond donors (Lipinski definition) is 3. The van der Waals surface area contributed by atoms with Crippen LogP contribution in [0.2, 0.25) is 0 Å². The van der Waals surface area contributed by atoms with Crippen LogP contribution in [0.5, 0.6) is 5.75 Å². The number of benzene rings is 4. The Morgan fingerprint density at radius 1 is 0.917 bits per heavy atom.